The molecule has 10 heavy (non-hydrogen) atoms. The third kappa shape index (κ3) is 0.693. The molecule has 0 aromatic carbocycles. The second kappa shape index (κ2) is 1.99. The minimum Gasteiger partial charge on any atom is -0.361 e. The highest BCUT2D eigenvalue weighted by atomic mass is 35.5. The van der Waals surface area contributed by atoms with Gasteiger partial charge in [0.1, 0.15) is 5.15 Å². The molecular formula is C7H4ClN2. The van der Waals surface area contributed by atoms with Crippen molar-refractivity contribution in [3.8, 4) is 0 Å². The Balaban J connectivity index is 2.95. The molecule has 0 amide bonds. The van der Waals surface area contributed by atoms with Crippen molar-refractivity contribution < 1.29 is 0 Å². The lowest BCUT2D eigenvalue weighted by Crippen LogP contribution is -1.73. The standard InChI is InChI=1S/C7H4ClN2/c8-7-5-1-3-9-6(5)2-4-10-7/h1,3-4,9H. The van der Waals surface area contributed by atoms with E-state index < -0.39 is 0 Å². The van der Waals surface area contributed by atoms with Gasteiger partial charge in [0.15, 0.2) is 0 Å². The third-order valence-electron chi connectivity index (χ3n) is 1.36. The molecule has 2 heterocycles. The maximum atomic E-state index is 5.75. The van der Waals surface area contributed by atoms with Crippen molar-refractivity contribution in [2.24, 2.45) is 0 Å². The van der Waals surface area contributed by atoms with E-state index in [4.69, 9.17) is 11.6 Å². The van der Waals surface area contributed by atoms with Crippen molar-refractivity contribution in [1.29, 1.82) is 0 Å². The normalized spacial score (nSPS) is 10.5. The lowest BCUT2D eigenvalue weighted by Gasteiger charge is -1.88. The Labute approximate surface area is 62.8 Å². The number of H-pyrrole nitrogens is 1. The van der Waals surface area contributed by atoms with E-state index in [1.54, 1.807) is 6.20 Å². The quantitative estimate of drug-likeness (QED) is 0.574. The van der Waals surface area contributed by atoms with Crippen LogP contribution in [0.25, 0.3) is 10.9 Å². The molecule has 0 aliphatic heterocycles. The van der Waals surface area contributed by atoms with Gasteiger partial charge in [0.25, 0.3) is 0 Å². The van der Waals surface area contributed by atoms with Crippen LogP contribution < -0.4 is 0 Å². The highest BCUT2D eigenvalue weighted by molar-refractivity contribution is 6.34. The smallest absolute Gasteiger partial charge is 0.138 e. The van der Waals surface area contributed by atoms with Gasteiger partial charge in [0, 0.05) is 23.8 Å². The van der Waals surface area contributed by atoms with Gasteiger partial charge in [-0.3, -0.25) is 0 Å². The summed E-state index contributed by atoms with van der Waals surface area (Å²) in [5, 5.41) is 1.44. The molecule has 0 saturated heterocycles. The van der Waals surface area contributed by atoms with Crippen LogP contribution in [-0.2, 0) is 0 Å². The SMILES string of the molecule is Clc1nc[c]c2[nH]ccc12. The molecule has 0 saturated carbocycles. The van der Waals surface area contributed by atoms with Gasteiger partial charge >= 0.3 is 0 Å². The van der Waals surface area contributed by atoms with E-state index in [1.165, 1.54) is 0 Å². The summed E-state index contributed by atoms with van der Waals surface area (Å²) in [5.74, 6) is 0. The van der Waals surface area contributed by atoms with Crippen LogP contribution in [0.15, 0.2) is 18.5 Å². The molecule has 2 aromatic rings. The summed E-state index contributed by atoms with van der Waals surface area (Å²) in [4.78, 5) is 6.85. The molecule has 0 bridgehead atoms. The number of aromatic nitrogens is 2. The predicted octanol–water partition coefficient (Wildman–Crippen LogP) is 2.02. The number of halogens is 1. The maximum Gasteiger partial charge on any atom is 0.138 e. The summed E-state index contributed by atoms with van der Waals surface area (Å²) < 4.78 is 0. The highest BCUT2D eigenvalue weighted by Gasteiger charge is 1.97. The van der Waals surface area contributed by atoms with Gasteiger partial charge in [-0.15, -0.1) is 0 Å². The minimum atomic E-state index is 0.523. The molecule has 0 atom stereocenters. The van der Waals surface area contributed by atoms with Crippen LogP contribution >= 0.6 is 11.6 Å². The second-order valence-electron chi connectivity index (χ2n) is 1.96. The zero-order chi connectivity index (χ0) is 6.97. The largest absolute Gasteiger partial charge is 0.361 e. The fourth-order valence-electron chi connectivity index (χ4n) is 0.884. The van der Waals surface area contributed by atoms with Crippen LogP contribution in [0, 0.1) is 6.07 Å². The number of hydrogen-bond acceptors (Lipinski definition) is 1. The summed E-state index contributed by atoms with van der Waals surface area (Å²) in [7, 11) is 0. The highest BCUT2D eigenvalue weighted by Crippen LogP contribution is 2.17. The molecule has 3 heteroatoms. The van der Waals surface area contributed by atoms with Crippen LogP contribution in [0.3, 0.4) is 0 Å². The third-order valence-corrected chi connectivity index (χ3v) is 1.66. The Bertz CT molecular complexity index is 353. The molecule has 0 fully saturated rings. The maximum absolute atomic E-state index is 5.75. The average molecular weight is 152 g/mol. The van der Waals surface area contributed by atoms with Crippen LogP contribution in [0.4, 0.5) is 0 Å². The predicted molar refractivity (Wildman–Crippen MR) is 39.9 cm³/mol. The van der Waals surface area contributed by atoms with Gasteiger partial charge in [-0.25, -0.2) is 4.98 Å². The van der Waals surface area contributed by atoms with E-state index in [-0.39, 0.29) is 0 Å². The Morgan fingerprint density at radius 3 is 3.30 bits per heavy atom. The number of nitrogens with zero attached hydrogens (tertiary/aromatic N) is 1. The second-order valence-corrected chi connectivity index (χ2v) is 2.32. The summed E-state index contributed by atoms with van der Waals surface area (Å²) in [6.45, 7) is 0. The number of pyridine rings is 1. The van der Waals surface area contributed by atoms with Gasteiger partial charge in [-0.1, -0.05) is 11.6 Å². The topological polar surface area (TPSA) is 28.7 Å². The first kappa shape index (κ1) is 5.74. The Kier molecular flexibility index (Phi) is 1.14. The monoisotopic (exact) mass is 151 g/mol. The average Bonchev–Trinajstić information content (AvgIpc) is 2.36. The molecule has 2 nitrogen and oxygen atoms in total. The summed E-state index contributed by atoms with van der Waals surface area (Å²) in [6.07, 6.45) is 3.37. The van der Waals surface area contributed by atoms with Crippen molar-refractivity contribution in [2.75, 3.05) is 0 Å². The molecule has 49 valence electrons. The number of aromatic amines is 1. The van der Waals surface area contributed by atoms with Crippen LogP contribution in [0.1, 0.15) is 0 Å². The van der Waals surface area contributed by atoms with E-state index in [9.17, 15) is 0 Å². The molecule has 1 N–H and O–H groups in total. The number of rotatable bonds is 0. The minimum absolute atomic E-state index is 0.523. The number of nitrogens with one attached hydrogen (secondary N) is 1. The van der Waals surface area contributed by atoms with E-state index >= 15 is 0 Å². The summed E-state index contributed by atoms with van der Waals surface area (Å²) >= 11 is 5.75. The number of fused-ring (bicyclic) bond motifs is 1. The van der Waals surface area contributed by atoms with Gasteiger partial charge in [0.2, 0.25) is 0 Å². The molecular weight excluding hydrogens is 148 g/mol. The molecule has 0 aliphatic carbocycles. The van der Waals surface area contributed by atoms with E-state index in [0.29, 0.717) is 5.15 Å². The summed E-state index contributed by atoms with van der Waals surface area (Å²) in [6, 6.07) is 4.80. The zero-order valence-corrected chi connectivity index (χ0v) is 5.81. The summed E-state index contributed by atoms with van der Waals surface area (Å²) in [5.41, 5.74) is 0.903. The Morgan fingerprint density at radius 1 is 1.60 bits per heavy atom. The molecule has 0 aliphatic rings. The van der Waals surface area contributed by atoms with Crippen LogP contribution in [0.5, 0.6) is 0 Å². The first-order valence-electron chi connectivity index (χ1n) is 2.87. The van der Waals surface area contributed by atoms with Gasteiger partial charge in [-0.2, -0.15) is 0 Å². The fourth-order valence-corrected chi connectivity index (χ4v) is 1.09. The Morgan fingerprint density at radius 2 is 2.50 bits per heavy atom. The van der Waals surface area contributed by atoms with E-state index in [1.807, 2.05) is 12.3 Å². The van der Waals surface area contributed by atoms with Gasteiger partial charge < -0.3 is 4.98 Å². The first-order valence-corrected chi connectivity index (χ1v) is 3.25. The number of hydrogen-bond donors (Lipinski definition) is 1. The van der Waals surface area contributed by atoms with E-state index in [0.717, 1.165) is 10.9 Å². The molecule has 0 unspecified atom stereocenters. The lowest BCUT2D eigenvalue weighted by molar-refractivity contribution is 1.35. The Hall–Kier alpha value is -1.02. The van der Waals surface area contributed by atoms with Crippen LogP contribution in [0.2, 0.25) is 5.15 Å². The van der Waals surface area contributed by atoms with Crippen molar-refractivity contribution in [1.82, 2.24) is 9.97 Å². The molecule has 1 radical (unpaired) electrons. The molecule has 2 rings (SSSR count). The first-order chi connectivity index (χ1) is 4.88. The molecule has 2 aromatic heterocycles. The van der Waals surface area contributed by atoms with Crippen molar-refractivity contribution in [3.05, 3.63) is 29.7 Å². The zero-order valence-electron chi connectivity index (χ0n) is 5.06. The van der Waals surface area contributed by atoms with Crippen molar-refractivity contribution in [3.63, 3.8) is 0 Å². The van der Waals surface area contributed by atoms with Crippen LogP contribution in [-0.4, -0.2) is 9.97 Å². The van der Waals surface area contributed by atoms with Gasteiger partial charge in [-0.05, 0) is 6.07 Å². The van der Waals surface area contributed by atoms with Crippen molar-refractivity contribution in [2.45, 2.75) is 0 Å². The lowest BCUT2D eigenvalue weighted by atomic mass is 10.3. The molecule has 0 spiro atoms. The van der Waals surface area contributed by atoms with Gasteiger partial charge in [0.05, 0.1) is 5.52 Å². The van der Waals surface area contributed by atoms with E-state index in [2.05, 4.69) is 16.0 Å². The fraction of sp³-hybridized carbons (Fsp3) is 0. The van der Waals surface area contributed by atoms with Crippen molar-refractivity contribution >= 4 is 22.5 Å².